The van der Waals surface area contributed by atoms with Crippen molar-refractivity contribution in [2.45, 2.75) is 25.3 Å². The van der Waals surface area contributed by atoms with Crippen LogP contribution in [0.4, 0.5) is 0 Å². The molecule has 2 aromatic heterocycles. The number of hydrogen-bond acceptors (Lipinski definition) is 4. The minimum Gasteiger partial charge on any atom is -0.479 e. The standard InChI is InChI=1S/C14H17N3O3S/c1-17-9-10(8-15-17)13(14(19)20)16-12(18)6-2-4-11-5-3-7-21-11/h3,5,7-9,13H,2,4,6H2,1H3,(H,16,18)(H,19,20). The zero-order valence-electron chi connectivity index (χ0n) is 11.7. The van der Waals surface area contributed by atoms with E-state index in [1.165, 1.54) is 15.8 Å². The summed E-state index contributed by atoms with van der Waals surface area (Å²) in [5, 5.41) is 17.7. The summed E-state index contributed by atoms with van der Waals surface area (Å²) in [6, 6.07) is 2.95. The Morgan fingerprint density at radius 1 is 1.52 bits per heavy atom. The molecule has 0 bridgehead atoms. The topological polar surface area (TPSA) is 84.2 Å². The maximum absolute atomic E-state index is 11.9. The fourth-order valence-corrected chi connectivity index (χ4v) is 2.74. The van der Waals surface area contributed by atoms with Crippen molar-refractivity contribution >= 4 is 23.2 Å². The second-order valence-corrected chi connectivity index (χ2v) is 5.75. The van der Waals surface area contributed by atoms with Gasteiger partial charge < -0.3 is 10.4 Å². The van der Waals surface area contributed by atoms with E-state index in [1.807, 2.05) is 17.5 Å². The van der Waals surface area contributed by atoms with Crippen molar-refractivity contribution in [2.24, 2.45) is 7.05 Å². The van der Waals surface area contributed by atoms with Gasteiger partial charge in [-0.2, -0.15) is 5.10 Å². The summed E-state index contributed by atoms with van der Waals surface area (Å²) in [5.41, 5.74) is 0.469. The fourth-order valence-electron chi connectivity index (χ4n) is 1.99. The molecule has 0 aromatic carbocycles. The second-order valence-electron chi connectivity index (χ2n) is 4.72. The number of carbonyl (C=O) groups excluding carboxylic acids is 1. The molecule has 0 spiro atoms. The summed E-state index contributed by atoms with van der Waals surface area (Å²) in [4.78, 5) is 24.4. The number of thiophene rings is 1. The molecule has 0 aliphatic heterocycles. The number of aromatic nitrogens is 2. The van der Waals surface area contributed by atoms with Crippen molar-refractivity contribution in [1.82, 2.24) is 15.1 Å². The molecule has 2 aromatic rings. The van der Waals surface area contributed by atoms with Crippen LogP contribution >= 0.6 is 11.3 Å². The molecule has 2 N–H and O–H groups in total. The van der Waals surface area contributed by atoms with Gasteiger partial charge in [0, 0.05) is 30.1 Å². The maximum Gasteiger partial charge on any atom is 0.331 e. The fraction of sp³-hybridized carbons (Fsp3) is 0.357. The van der Waals surface area contributed by atoms with Crippen LogP contribution in [0.3, 0.4) is 0 Å². The first-order valence-electron chi connectivity index (χ1n) is 6.59. The molecule has 1 unspecified atom stereocenters. The Balaban J connectivity index is 1.85. The number of carbonyl (C=O) groups is 2. The van der Waals surface area contributed by atoms with Gasteiger partial charge in [-0.15, -0.1) is 11.3 Å². The number of aliphatic carboxylic acids is 1. The van der Waals surface area contributed by atoms with Gasteiger partial charge in [-0.1, -0.05) is 6.07 Å². The number of carboxylic acids is 1. The molecule has 21 heavy (non-hydrogen) atoms. The van der Waals surface area contributed by atoms with Crippen LogP contribution in [-0.4, -0.2) is 26.8 Å². The van der Waals surface area contributed by atoms with E-state index >= 15 is 0 Å². The van der Waals surface area contributed by atoms with E-state index in [0.29, 0.717) is 18.4 Å². The molecule has 0 aliphatic rings. The first-order chi connectivity index (χ1) is 10.1. The molecule has 6 nitrogen and oxygen atoms in total. The molecule has 0 saturated carbocycles. The largest absolute Gasteiger partial charge is 0.479 e. The first kappa shape index (κ1) is 15.2. The Kier molecular flexibility index (Phi) is 5.10. The number of aryl methyl sites for hydroxylation is 2. The average Bonchev–Trinajstić information content (AvgIpc) is 3.07. The van der Waals surface area contributed by atoms with Crippen molar-refractivity contribution in [3.63, 3.8) is 0 Å². The summed E-state index contributed by atoms with van der Waals surface area (Å²) in [6.45, 7) is 0. The maximum atomic E-state index is 11.9. The highest BCUT2D eigenvalue weighted by molar-refractivity contribution is 7.09. The number of carboxylic acid groups (broad SMARTS) is 1. The lowest BCUT2D eigenvalue weighted by Gasteiger charge is -2.12. The van der Waals surface area contributed by atoms with E-state index in [0.717, 1.165) is 6.42 Å². The molecule has 2 rings (SSSR count). The second kappa shape index (κ2) is 7.03. The van der Waals surface area contributed by atoms with Crippen molar-refractivity contribution < 1.29 is 14.7 Å². The lowest BCUT2D eigenvalue weighted by atomic mass is 10.1. The zero-order chi connectivity index (χ0) is 15.2. The van der Waals surface area contributed by atoms with Crippen LogP contribution in [0, 0.1) is 0 Å². The molecular weight excluding hydrogens is 290 g/mol. The Labute approximate surface area is 126 Å². The summed E-state index contributed by atoms with van der Waals surface area (Å²) in [6.07, 6.45) is 4.87. The van der Waals surface area contributed by atoms with Gasteiger partial charge in [0.05, 0.1) is 6.20 Å². The molecule has 0 radical (unpaired) electrons. The lowest BCUT2D eigenvalue weighted by molar-refractivity contribution is -0.142. The van der Waals surface area contributed by atoms with Crippen LogP contribution in [-0.2, 0) is 23.1 Å². The molecular formula is C14H17N3O3S. The molecule has 0 aliphatic carbocycles. The van der Waals surface area contributed by atoms with E-state index in [1.54, 1.807) is 24.6 Å². The third kappa shape index (κ3) is 4.42. The molecule has 1 atom stereocenters. The van der Waals surface area contributed by atoms with Gasteiger partial charge in [-0.3, -0.25) is 9.48 Å². The van der Waals surface area contributed by atoms with E-state index in [2.05, 4.69) is 10.4 Å². The van der Waals surface area contributed by atoms with Crippen LogP contribution in [0.2, 0.25) is 0 Å². The van der Waals surface area contributed by atoms with E-state index in [-0.39, 0.29) is 5.91 Å². The van der Waals surface area contributed by atoms with Gasteiger partial charge in [-0.05, 0) is 24.3 Å². The third-order valence-corrected chi connectivity index (χ3v) is 3.95. The van der Waals surface area contributed by atoms with Gasteiger partial charge in [0.1, 0.15) is 0 Å². The third-order valence-electron chi connectivity index (χ3n) is 3.02. The summed E-state index contributed by atoms with van der Waals surface area (Å²) < 4.78 is 1.51. The van der Waals surface area contributed by atoms with Gasteiger partial charge >= 0.3 is 5.97 Å². The Morgan fingerprint density at radius 3 is 2.90 bits per heavy atom. The van der Waals surface area contributed by atoms with Crippen molar-refractivity contribution in [3.8, 4) is 0 Å². The number of rotatable bonds is 7. The van der Waals surface area contributed by atoms with Crippen LogP contribution in [0.15, 0.2) is 29.9 Å². The van der Waals surface area contributed by atoms with Crippen molar-refractivity contribution in [2.75, 3.05) is 0 Å². The average molecular weight is 307 g/mol. The highest BCUT2D eigenvalue weighted by Gasteiger charge is 2.23. The highest BCUT2D eigenvalue weighted by atomic mass is 32.1. The molecule has 7 heteroatoms. The van der Waals surface area contributed by atoms with E-state index in [4.69, 9.17) is 0 Å². The van der Waals surface area contributed by atoms with Crippen LogP contribution in [0.5, 0.6) is 0 Å². The number of amides is 1. The summed E-state index contributed by atoms with van der Waals surface area (Å²) in [5.74, 6) is -1.35. The first-order valence-corrected chi connectivity index (χ1v) is 7.47. The minimum atomic E-state index is -1.09. The molecule has 2 heterocycles. The van der Waals surface area contributed by atoms with E-state index in [9.17, 15) is 14.7 Å². The quantitative estimate of drug-likeness (QED) is 0.816. The van der Waals surface area contributed by atoms with Gasteiger partial charge in [-0.25, -0.2) is 4.79 Å². The van der Waals surface area contributed by atoms with Gasteiger partial charge in [0.15, 0.2) is 6.04 Å². The predicted molar refractivity (Wildman–Crippen MR) is 79.0 cm³/mol. The summed E-state index contributed by atoms with van der Waals surface area (Å²) in [7, 11) is 1.70. The zero-order valence-corrected chi connectivity index (χ0v) is 12.5. The SMILES string of the molecule is Cn1cc(C(NC(=O)CCCc2cccs2)C(=O)O)cn1. The minimum absolute atomic E-state index is 0.261. The highest BCUT2D eigenvalue weighted by Crippen LogP contribution is 2.14. The number of nitrogens with zero attached hydrogens (tertiary/aromatic N) is 2. The van der Waals surface area contributed by atoms with E-state index < -0.39 is 12.0 Å². The Hall–Kier alpha value is -2.15. The molecule has 0 fully saturated rings. The number of nitrogens with one attached hydrogen (secondary N) is 1. The van der Waals surface area contributed by atoms with Crippen molar-refractivity contribution in [1.29, 1.82) is 0 Å². The molecule has 1 amide bonds. The van der Waals surface area contributed by atoms with Gasteiger partial charge in [0.25, 0.3) is 0 Å². The van der Waals surface area contributed by atoms with Crippen LogP contribution in [0.1, 0.15) is 29.3 Å². The normalized spacial score (nSPS) is 12.0. The Bertz CT molecular complexity index is 607. The van der Waals surface area contributed by atoms with Crippen LogP contribution in [0.25, 0.3) is 0 Å². The van der Waals surface area contributed by atoms with Crippen molar-refractivity contribution in [3.05, 3.63) is 40.3 Å². The smallest absolute Gasteiger partial charge is 0.331 e. The number of hydrogen-bond donors (Lipinski definition) is 2. The lowest BCUT2D eigenvalue weighted by Crippen LogP contribution is -2.33. The predicted octanol–water partition coefficient (Wildman–Crippen LogP) is 1.75. The molecule has 0 saturated heterocycles. The summed E-state index contributed by atoms with van der Waals surface area (Å²) >= 11 is 1.66. The van der Waals surface area contributed by atoms with Gasteiger partial charge in [0.2, 0.25) is 5.91 Å². The van der Waals surface area contributed by atoms with Crippen LogP contribution < -0.4 is 5.32 Å². The monoisotopic (exact) mass is 307 g/mol. The molecule has 112 valence electrons. The Morgan fingerprint density at radius 2 is 2.33 bits per heavy atom.